The van der Waals surface area contributed by atoms with Crippen LogP contribution in [0.4, 0.5) is 11.4 Å². The Bertz CT molecular complexity index is 531. The van der Waals surface area contributed by atoms with Crippen LogP contribution in [0.1, 0.15) is 5.56 Å². The Kier molecular flexibility index (Phi) is 3.35. The van der Waals surface area contributed by atoms with Crippen LogP contribution < -0.4 is 11.1 Å². The van der Waals surface area contributed by atoms with E-state index >= 15 is 0 Å². The number of aromatic nitrogens is 1. The molecule has 2 rings (SSSR count). The molecule has 1 aromatic heterocycles. The van der Waals surface area contributed by atoms with Crippen LogP contribution in [0.5, 0.6) is 5.75 Å². The second kappa shape index (κ2) is 4.93. The zero-order valence-electron chi connectivity index (χ0n) is 9.02. The summed E-state index contributed by atoms with van der Waals surface area (Å²) in [5.74, 6) is 0.241. The molecule has 88 valence electrons. The molecule has 0 unspecified atom stereocenters. The molecular weight excluding hydrogens is 238 g/mol. The van der Waals surface area contributed by atoms with Crippen LogP contribution in [0.3, 0.4) is 0 Å². The van der Waals surface area contributed by atoms with Gasteiger partial charge < -0.3 is 16.2 Å². The van der Waals surface area contributed by atoms with Gasteiger partial charge in [0.15, 0.2) is 0 Å². The Balaban J connectivity index is 2.09. The smallest absolute Gasteiger partial charge is 0.131 e. The summed E-state index contributed by atoms with van der Waals surface area (Å²) in [6.45, 7) is 0.555. The second-order valence-corrected chi connectivity index (χ2v) is 4.00. The van der Waals surface area contributed by atoms with Crippen molar-refractivity contribution < 1.29 is 5.11 Å². The van der Waals surface area contributed by atoms with E-state index in [0.717, 1.165) is 11.3 Å². The molecule has 0 saturated heterocycles. The highest BCUT2D eigenvalue weighted by molar-refractivity contribution is 6.29. The van der Waals surface area contributed by atoms with Crippen molar-refractivity contribution >= 4 is 23.0 Å². The van der Waals surface area contributed by atoms with Gasteiger partial charge in [-0.3, -0.25) is 0 Å². The minimum Gasteiger partial charge on any atom is -0.508 e. The number of rotatable bonds is 3. The van der Waals surface area contributed by atoms with Crippen LogP contribution in [0.2, 0.25) is 5.15 Å². The van der Waals surface area contributed by atoms with Gasteiger partial charge in [-0.05, 0) is 17.7 Å². The van der Waals surface area contributed by atoms with Crippen LogP contribution >= 0.6 is 11.6 Å². The zero-order valence-corrected chi connectivity index (χ0v) is 9.78. The molecular formula is C12H12ClN3O. The third kappa shape index (κ3) is 3.01. The fraction of sp³-hybridized carbons (Fsp3) is 0.0833. The minimum atomic E-state index is 0.241. The molecule has 0 aliphatic carbocycles. The van der Waals surface area contributed by atoms with E-state index in [2.05, 4.69) is 10.3 Å². The molecule has 0 saturated carbocycles. The van der Waals surface area contributed by atoms with Crippen molar-refractivity contribution in [3.05, 3.63) is 47.2 Å². The standard InChI is InChI=1S/C12H12ClN3O/c13-12-5-11(10(14)7-16-12)15-6-8-2-1-3-9(17)4-8/h1-5,7,17H,6,14H2,(H,15,16). The van der Waals surface area contributed by atoms with Crippen LogP contribution in [0.15, 0.2) is 36.5 Å². The number of phenols is 1. The highest BCUT2D eigenvalue weighted by atomic mass is 35.5. The summed E-state index contributed by atoms with van der Waals surface area (Å²) in [7, 11) is 0. The number of phenolic OH excluding ortho intramolecular Hbond substituents is 1. The van der Waals surface area contributed by atoms with E-state index in [9.17, 15) is 5.11 Å². The normalized spacial score (nSPS) is 10.2. The van der Waals surface area contributed by atoms with E-state index in [1.54, 1.807) is 24.3 Å². The molecule has 0 fully saturated rings. The molecule has 5 heteroatoms. The third-order valence-corrected chi connectivity index (χ3v) is 2.50. The molecule has 2 aromatic rings. The molecule has 1 heterocycles. The van der Waals surface area contributed by atoms with E-state index in [1.165, 1.54) is 6.20 Å². The maximum atomic E-state index is 9.33. The van der Waals surface area contributed by atoms with Crippen LogP contribution in [-0.4, -0.2) is 10.1 Å². The molecule has 1 aromatic carbocycles. The Morgan fingerprint density at radius 2 is 2.18 bits per heavy atom. The molecule has 4 nitrogen and oxygen atoms in total. The minimum absolute atomic E-state index is 0.241. The van der Waals surface area contributed by atoms with Crippen molar-refractivity contribution in [3.8, 4) is 5.75 Å². The maximum Gasteiger partial charge on any atom is 0.131 e. The first-order chi connectivity index (χ1) is 8.15. The summed E-state index contributed by atoms with van der Waals surface area (Å²) in [5.41, 5.74) is 7.97. The van der Waals surface area contributed by atoms with Crippen LogP contribution in [0.25, 0.3) is 0 Å². The second-order valence-electron chi connectivity index (χ2n) is 3.62. The van der Waals surface area contributed by atoms with Gasteiger partial charge in [0.2, 0.25) is 0 Å². The highest BCUT2D eigenvalue weighted by Gasteiger charge is 2.01. The number of pyridine rings is 1. The van der Waals surface area contributed by atoms with E-state index < -0.39 is 0 Å². The summed E-state index contributed by atoms with van der Waals surface area (Å²) in [4.78, 5) is 3.87. The number of aromatic hydroxyl groups is 1. The van der Waals surface area contributed by atoms with E-state index in [4.69, 9.17) is 17.3 Å². The number of anilines is 2. The topological polar surface area (TPSA) is 71.2 Å². The Morgan fingerprint density at radius 1 is 1.35 bits per heavy atom. The monoisotopic (exact) mass is 249 g/mol. The van der Waals surface area contributed by atoms with Gasteiger partial charge in [-0.15, -0.1) is 0 Å². The van der Waals surface area contributed by atoms with Crippen molar-refractivity contribution in [2.45, 2.75) is 6.54 Å². The first-order valence-corrected chi connectivity index (χ1v) is 5.46. The van der Waals surface area contributed by atoms with Crippen molar-refractivity contribution in [1.29, 1.82) is 0 Å². The van der Waals surface area contributed by atoms with E-state index in [0.29, 0.717) is 17.4 Å². The third-order valence-electron chi connectivity index (χ3n) is 2.29. The molecule has 0 aliphatic heterocycles. The molecule has 0 bridgehead atoms. The van der Waals surface area contributed by atoms with Gasteiger partial charge in [0, 0.05) is 12.6 Å². The van der Waals surface area contributed by atoms with Gasteiger partial charge in [0.05, 0.1) is 17.6 Å². The molecule has 0 amide bonds. The SMILES string of the molecule is Nc1cnc(Cl)cc1NCc1cccc(O)c1. The number of nitrogens with one attached hydrogen (secondary N) is 1. The summed E-state index contributed by atoms with van der Waals surface area (Å²) in [6, 6.07) is 8.67. The first-order valence-electron chi connectivity index (χ1n) is 5.08. The average molecular weight is 250 g/mol. The van der Waals surface area contributed by atoms with Crippen molar-refractivity contribution in [2.75, 3.05) is 11.1 Å². The zero-order chi connectivity index (χ0) is 12.3. The summed E-state index contributed by atoms with van der Waals surface area (Å²) >= 11 is 5.78. The van der Waals surface area contributed by atoms with Gasteiger partial charge in [-0.1, -0.05) is 23.7 Å². The van der Waals surface area contributed by atoms with Crippen molar-refractivity contribution in [2.24, 2.45) is 0 Å². The molecule has 0 spiro atoms. The van der Waals surface area contributed by atoms with Crippen molar-refractivity contribution in [1.82, 2.24) is 4.98 Å². The molecule has 0 atom stereocenters. The van der Waals surface area contributed by atoms with Crippen LogP contribution in [0, 0.1) is 0 Å². The number of halogens is 1. The lowest BCUT2D eigenvalue weighted by atomic mass is 10.2. The number of nitrogen functional groups attached to an aromatic ring is 1. The van der Waals surface area contributed by atoms with Gasteiger partial charge in [0.1, 0.15) is 10.9 Å². The number of hydrogen-bond donors (Lipinski definition) is 3. The predicted molar refractivity (Wildman–Crippen MR) is 69.1 cm³/mol. The highest BCUT2D eigenvalue weighted by Crippen LogP contribution is 2.21. The van der Waals surface area contributed by atoms with Gasteiger partial charge in [-0.25, -0.2) is 4.98 Å². The van der Waals surface area contributed by atoms with E-state index in [-0.39, 0.29) is 5.75 Å². The number of benzene rings is 1. The Hall–Kier alpha value is -1.94. The summed E-state index contributed by atoms with van der Waals surface area (Å²) in [6.07, 6.45) is 1.51. The fourth-order valence-electron chi connectivity index (χ4n) is 1.46. The summed E-state index contributed by atoms with van der Waals surface area (Å²) in [5, 5.41) is 12.8. The van der Waals surface area contributed by atoms with Gasteiger partial charge >= 0.3 is 0 Å². The number of nitrogens with two attached hydrogens (primary N) is 1. The quantitative estimate of drug-likeness (QED) is 0.732. The predicted octanol–water partition coefficient (Wildman–Crippen LogP) is 2.63. The average Bonchev–Trinajstić information content (AvgIpc) is 2.30. The van der Waals surface area contributed by atoms with E-state index in [1.807, 2.05) is 6.07 Å². The Morgan fingerprint density at radius 3 is 2.94 bits per heavy atom. The molecule has 17 heavy (non-hydrogen) atoms. The summed E-state index contributed by atoms with van der Waals surface area (Å²) < 4.78 is 0. The lowest BCUT2D eigenvalue weighted by molar-refractivity contribution is 0.474. The first kappa shape index (κ1) is 11.5. The van der Waals surface area contributed by atoms with Crippen molar-refractivity contribution in [3.63, 3.8) is 0 Å². The number of nitrogens with zero attached hydrogens (tertiary/aromatic N) is 1. The fourth-order valence-corrected chi connectivity index (χ4v) is 1.62. The lowest BCUT2D eigenvalue weighted by Crippen LogP contribution is -2.02. The lowest BCUT2D eigenvalue weighted by Gasteiger charge is -2.09. The molecule has 0 radical (unpaired) electrons. The molecule has 0 aliphatic rings. The van der Waals surface area contributed by atoms with Gasteiger partial charge in [-0.2, -0.15) is 0 Å². The molecule has 4 N–H and O–H groups in total. The Labute approximate surface area is 104 Å². The largest absolute Gasteiger partial charge is 0.508 e. The van der Waals surface area contributed by atoms with Gasteiger partial charge in [0.25, 0.3) is 0 Å². The number of hydrogen-bond acceptors (Lipinski definition) is 4. The van der Waals surface area contributed by atoms with Crippen LogP contribution in [-0.2, 0) is 6.54 Å². The maximum absolute atomic E-state index is 9.33.